The van der Waals surface area contributed by atoms with Gasteiger partial charge in [-0.15, -0.1) is 0 Å². The molecule has 1 aromatic carbocycles. The van der Waals surface area contributed by atoms with E-state index in [1.165, 1.54) is 12.1 Å². The molecule has 1 fully saturated rings. The molecule has 2 aliphatic heterocycles. The molecule has 5 heteroatoms. The van der Waals surface area contributed by atoms with Gasteiger partial charge in [0.25, 0.3) is 5.56 Å². The SMILES string of the molecule is CN1CCC[C@H]2c3nc4ccc(F)cc4c(=O)n3CC[C@H]21. The first-order chi connectivity index (χ1) is 10.1. The van der Waals surface area contributed by atoms with Crippen molar-refractivity contribution in [3.05, 3.63) is 40.2 Å². The first-order valence-corrected chi connectivity index (χ1v) is 7.55. The minimum Gasteiger partial charge on any atom is -0.303 e. The predicted molar refractivity (Wildman–Crippen MR) is 79.0 cm³/mol. The number of benzene rings is 1. The fraction of sp³-hybridized carbons (Fsp3) is 0.500. The maximum absolute atomic E-state index is 13.4. The van der Waals surface area contributed by atoms with Crippen LogP contribution in [-0.2, 0) is 6.54 Å². The van der Waals surface area contributed by atoms with E-state index in [0.717, 1.165) is 31.6 Å². The van der Waals surface area contributed by atoms with E-state index in [1.807, 2.05) is 0 Å². The van der Waals surface area contributed by atoms with Gasteiger partial charge in [0.15, 0.2) is 0 Å². The first-order valence-electron chi connectivity index (χ1n) is 7.55. The lowest BCUT2D eigenvalue weighted by Gasteiger charge is -2.42. The number of likely N-dealkylation sites (tertiary alicyclic amines) is 1. The largest absolute Gasteiger partial charge is 0.303 e. The Bertz CT molecular complexity index is 770. The molecule has 3 heterocycles. The van der Waals surface area contributed by atoms with Gasteiger partial charge in [0.2, 0.25) is 0 Å². The van der Waals surface area contributed by atoms with E-state index in [0.29, 0.717) is 29.4 Å². The molecule has 0 spiro atoms. The maximum atomic E-state index is 13.4. The van der Waals surface area contributed by atoms with Gasteiger partial charge in [-0.2, -0.15) is 0 Å². The van der Waals surface area contributed by atoms with Crippen LogP contribution < -0.4 is 5.56 Å². The minimum atomic E-state index is -0.381. The fourth-order valence-electron chi connectivity index (χ4n) is 3.92. The summed E-state index contributed by atoms with van der Waals surface area (Å²) in [6, 6.07) is 4.77. The van der Waals surface area contributed by atoms with Gasteiger partial charge in [-0.25, -0.2) is 9.37 Å². The van der Waals surface area contributed by atoms with Crippen molar-refractivity contribution in [1.82, 2.24) is 14.5 Å². The Balaban J connectivity index is 1.94. The molecule has 1 saturated heterocycles. The number of nitrogens with zero attached hydrogens (tertiary/aromatic N) is 3. The number of fused-ring (bicyclic) bond motifs is 4. The van der Waals surface area contributed by atoms with Crippen LogP contribution in [0.15, 0.2) is 23.0 Å². The second-order valence-corrected chi connectivity index (χ2v) is 6.17. The molecule has 0 unspecified atom stereocenters. The molecule has 2 aromatic rings. The number of aromatic nitrogens is 2. The van der Waals surface area contributed by atoms with Gasteiger partial charge in [0.05, 0.1) is 10.9 Å². The van der Waals surface area contributed by atoms with E-state index < -0.39 is 0 Å². The van der Waals surface area contributed by atoms with E-state index in [4.69, 9.17) is 4.98 Å². The number of likely N-dealkylation sites (N-methyl/N-ethyl adjacent to an activating group) is 1. The Labute approximate surface area is 122 Å². The monoisotopic (exact) mass is 287 g/mol. The van der Waals surface area contributed by atoms with E-state index in [-0.39, 0.29) is 11.4 Å². The smallest absolute Gasteiger partial charge is 0.261 e. The van der Waals surface area contributed by atoms with Crippen LogP contribution in [0.3, 0.4) is 0 Å². The van der Waals surface area contributed by atoms with Crippen LogP contribution in [0.1, 0.15) is 31.0 Å². The maximum Gasteiger partial charge on any atom is 0.261 e. The highest BCUT2D eigenvalue weighted by molar-refractivity contribution is 5.77. The van der Waals surface area contributed by atoms with Gasteiger partial charge < -0.3 is 4.90 Å². The number of piperidine rings is 1. The lowest BCUT2D eigenvalue weighted by atomic mass is 9.84. The summed E-state index contributed by atoms with van der Waals surface area (Å²) in [6.45, 7) is 1.79. The Hall–Kier alpha value is -1.75. The van der Waals surface area contributed by atoms with Gasteiger partial charge >= 0.3 is 0 Å². The highest BCUT2D eigenvalue weighted by atomic mass is 19.1. The Kier molecular flexibility index (Phi) is 2.85. The highest BCUT2D eigenvalue weighted by Crippen LogP contribution is 2.36. The summed E-state index contributed by atoms with van der Waals surface area (Å²) in [5.41, 5.74) is 0.516. The number of halogens is 1. The third kappa shape index (κ3) is 1.91. The van der Waals surface area contributed by atoms with Gasteiger partial charge in [0.1, 0.15) is 11.6 Å². The van der Waals surface area contributed by atoms with Gasteiger partial charge in [-0.3, -0.25) is 9.36 Å². The van der Waals surface area contributed by atoms with Gasteiger partial charge in [-0.1, -0.05) is 0 Å². The quantitative estimate of drug-likeness (QED) is 0.745. The number of hydrogen-bond acceptors (Lipinski definition) is 3. The van der Waals surface area contributed by atoms with Crippen molar-refractivity contribution in [2.45, 2.75) is 37.8 Å². The van der Waals surface area contributed by atoms with Crippen LogP contribution in [-0.4, -0.2) is 34.1 Å². The highest BCUT2D eigenvalue weighted by Gasteiger charge is 2.36. The molecule has 21 heavy (non-hydrogen) atoms. The molecule has 0 N–H and O–H groups in total. The molecular formula is C16H18FN3O. The van der Waals surface area contributed by atoms with Gasteiger partial charge in [0, 0.05) is 18.5 Å². The van der Waals surface area contributed by atoms with E-state index in [9.17, 15) is 9.18 Å². The van der Waals surface area contributed by atoms with E-state index >= 15 is 0 Å². The average Bonchev–Trinajstić information content (AvgIpc) is 2.48. The van der Waals surface area contributed by atoms with Crippen molar-refractivity contribution >= 4 is 10.9 Å². The van der Waals surface area contributed by atoms with Crippen molar-refractivity contribution in [2.24, 2.45) is 0 Å². The predicted octanol–water partition coefficient (Wildman–Crippen LogP) is 2.12. The summed E-state index contributed by atoms with van der Waals surface area (Å²) in [4.78, 5) is 19.7. The summed E-state index contributed by atoms with van der Waals surface area (Å²) in [5, 5.41) is 0.390. The number of hydrogen-bond donors (Lipinski definition) is 0. The molecule has 0 radical (unpaired) electrons. The Morgan fingerprint density at radius 3 is 3.00 bits per heavy atom. The third-order valence-electron chi connectivity index (χ3n) is 4.98. The van der Waals surface area contributed by atoms with Crippen molar-refractivity contribution in [3.63, 3.8) is 0 Å². The molecule has 110 valence electrons. The standard InChI is InChI=1S/C16H18FN3O/c1-19-7-2-3-11-14(19)6-8-20-15(11)18-13-5-4-10(17)9-12(13)16(20)21/h4-5,9,11,14H,2-3,6-8H2,1H3/t11-,14-/m1/s1. The molecular weight excluding hydrogens is 269 g/mol. The zero-order valence-electron chi connectivity index (χ0n) is 12.1. The van der Waals surface area contributed by atoms with Crippen LogP contribution in [0.25, 0.3) is 10.9 Å². The van der Waals surface area contributed by atoms with E-state index in [1.54, 1.807) is 10.6 Å². The molecule has 4 rings (SSSR count). The van der Waals surface area contributed by atoms with Crippen molar-refractivity contribution < 1.29 is 4.39 Å². The Morgan fingerprint density at radius 1 is 1.29 bits per heavy atom. The molecule has 4 nitrogen and oxygen atoms in total. The average molecular weight is 287 g/mol. The van der Waals surface area contributed by atoms with Crippen LogP contribution in [0, 0.1) is 5.82 Å². The summed E-state index contributed by atoms with van der Waals surface area (Å²) in [5.74, 6) is 0.828. The zero-order valence-corrected chi connectivity index (χ0v) is 12.1. The summed E-state index contributed by atoms with van der Waals surface area (Å²) in [6.07, 6.45) is 3.18. The molecule has 2 atom stereocenters. The summed E-state index contributed by atoms with van der Waals surface area (Å²) < 4.78 is 15.2. The molecule has 1 aromatic heterocycles. The zero-order chi connectivity index (χ0) is 14.6. The second kappa shape index (κ2) is 4.63. The first kappa shape index (κ1) is 13.0. The van der Waals surface area contributed by atoms with Crippen molar-refractivity contribution in [2.75, 3.05) is 13.6 Å². The van der Waals surface area contributed by atoms with E-state index in [2.05, 4.69) is 11.9 Å². The van der Waals surface area contributed by atoms with Crippen molar-refractivity contribution in [1.29, 1.82) is 0 Å². The lowest BCUT2D eigenvalue weighted by Crippen LogP contribution is -2.47. The summed E-state index contributed by atoms with van der Waals surface area (Å²) >= 11 is 0. The van der Waals surface area contributed by atoms with Gasteiger partial charge in [-0.05, 0) is 51.1 Å². The fourth-order valence-corrected chi connectivity index (χ4v) is 3.92. The van der Waals surface area contributed by atoms with Crippen LogP contribution in [0.4, 0.5) is 4.39 Å². The molecule has 0 bridgehead atoms. The Morgan fingerprint density at radius 2 is 2.14 bits per heavy atom. The van der Waals surface area contributed by atoms with Crippen LogP contribution in [0.5, 0.6) is 0 Å². The minimum absolute atomic E-state index is 0.0961. The van der Waals surface area contributed by atoms with Crippen LogP contribution >= 0.6 is 0 Å². The third-order valence-corrected chi connectivity index (χ3v) is 4.98. The number of rotatable bonds is 0. The summed E-state index contributed by atoms with van der Waals surface area (Å²) in [7, 11) is 2.15. The second-order valence-electron chi connectivity index (χ2n) is 6.17. The molecule has 0 amide bonds. The molecule has 2 aliphatic rings. The normalized spacial score (nSPS) is 25.6. The topological polar surface area (TPSA) is 38.1 Å². The van der Waals surface area contributed by atoms with Crippen LogP contribution in [0.2, 0.25) is 0 Å². The lowest BCUT2D eigenvalue weighted by molar-refractivity contribution is 0.123. The molecule has 0 saturated carbocycles. The van der Waals surface area contributed by atoms with Crippen molar-refractivity contribution in [3.8, 4) is 0 Å². The molecule has 0 aliphatic carbocycles.